The molecule has 0 spiro atoms. The van der Waals surface area contributed by atoms with Gasteiger partial charge >= 0.3 is 6.09 Å². The van der Waals surface area contributed by atoms with Crippen LogP contribution >= 0.6 is 0 Å². The number of methoxy groups -OCH3 is 1. The molecule has 3 rings (SSSR count). The fourth-order valence-corrected chi connectivity index (χ4v) is 1.91. The lowest BCUT2D eigenvalue weighted by Crippen LogP contribution is -2.22. The highest BCUT2D eigenvalue weighted by atomic mass is 16.6. The van der Waals surface area contributed by atoms with Gasteiger partial charge in [-0.05, 0) is 35.9 Å². The molecule has 0 radical (unpaired) electrons. The maximum atomic E-state index is 11.3. The van der Waals surface area contributed by atoms with Crippen molar-refractivity contribution in [3.05, 3.63) is 42.1 Å². The first-order valence-corrected chi connectivity index (χ1v) is 6.59. The Labute approximate surface area is 127 Å². The quantitative estimate of drug-likeness (QED) is 0.692. The van der Waals surface area contributed by atoms with Crippen molar-refractivity contribution < 1.29 is 14.3 Å². The van der Waals surface area contributed by atoms with E-state index in [1.807, 2.05) is 12.1 Å². The van der Waals surface area contributed by atoms with Crippen LogP contribution in [0.15, 0.2) is 41.6 Å². The molecule has 1 aliphatic heterocycles. The Morgan fingerprint density at radius 2 is 2.23 bits per heavy atom. The monoisotopic (exact) mass is 298 g/mol. The number of carbonyl (C=O) groups is 1. The van der Waals surface area contributed by atoms with Crippen molar-refractivity contribution in [1.82, 2.24) is 10.3 Å². The zero-order valence-electron chi connectivity index (χ0n) is 12.1. The fraction of sp³-hybridized carbons (Fsp3) is 0.133. The summed E-state index contributed by atoms with van der Waals surface area (Å²) in [5, 5.41) is 8.44. The van der Waals surface area contributed by atoms with Crippen molar-refractivity contribution >= 4 is 23.8 Å². The van der Waals surface area contributed by atoms with Gasteiger partial charge < -0.3 is 14.8 Å². The van der Waals surface area contributed by atoms with Crippen molar-refractivity contribution in [1.29, 1.82) is 0 Å². The van der Waals surface area contributed by atoms with Crippen LogP contribution in [0.2, 0.25) is 0 Å². The summed E-state index contributed by atoms with van der Waals surface area (Å²) in [6.07, 6.45) is 2.86. The molecule has 1 aliphatic rings. The number of rotatable bonds is 4. The molecular formula is C15H14N4O3. The van der Waals surface area contributed by atoms with Crippen LogP contribution in [0.25, 0.3) is 0 Å². The van der Waals surface area contributed by atoms with Crippen molar-refractivity contribution in [3.63, 3.8) is 0 Å². The number of ether oxygens (including phenoxy) is 2. The standard InChI is InChI=1S/C15H14N4O3/c1-16-15(20)22-12-6-5-10(8-13(12)21-2)9-18-19-11-4-3-7-17-14(11)19/h3-9H,1-2H3,(H,16,20). The first-order chi connectivity index (χ1) is 10.7. The number of benzene rings is 1. The smallest absolute Gasteiger partial charge is 0.412 e. The largest absolute Gasteiger partial charge is 0.493 e. The number of amides is 1. The summed E-state index contributed by atoms with van der Waals surface area (Å²) in [5.74, 6) is 1.65. The van der Waals surface area contributed by atoms with Crippen molar-refractivity contribution in [2.24, 2.45) is 5.10 Å². The lowest BCUT2D eigenvalue weighted by molar-refractivity contribution is 0.201. The predicted molar refractivity (Wildman–Crippen MR) is 82.0 cm³/mol. The Morgan fingerprint density at radius 3 is 2.91 bits per heavy atom. The Hall–Kier alpha value is -3.09. The zero-order valence-corrected chi connectivity index (χ0v) is 12.1. The summed E-state index contributed by atoms with van der Waals surface area (Å²) in [4.78, 5) is 15.4. The lowest BCUT2D eigenvalue weighted by atomic mass is 10.2. The van der Waals surface area contributed by atoms with E-state index in [1.165, 1.54) is 14.2 Å². The molecule has 0 fully saturated rings. The minimum Gasteiger partial charge on any atom is -0.493 e. The van der Waals surface area contributed by atoms with E-state index >= 15 is 0 Å². The fourth-order valence-electron chi connectivity index (χ4n) is 1.91. The van der Waals surface area contributed by atoms with Gasteiger partial charge in [-0.3, -0.25) is 0 Å². The van der Waals surface area contributed by atoms with E-state index < -0.39 is 6.09 Å². The van der Waals surface area contributed by atoms with Crippen molar-refractivity contribution in [3.8, 4) is 11.5 Å². The maximum absolute atomic E-state index is 11.3. The molecule has 7 nitrogen and oxygen atoms in total. The van der Waals surface area contributed by atoms with Crippen LogP contribution in [-0.4, -0.2) is 31.4 Å². The number of nitrogens with one attached hydrogen (secondary N) is 1. The number of carbonyl (C=O) groups excluding carboxylic acids is 1. The third kappa shape index (κ3) is 2.69. The summed E-state index contributed by atoms with van der Waals surface area (Å²) >= 11 is 0. The van der Waals surface area contributed by atoms with E-state index in [4.69, 9.17) is 9.47 Å². The average molecular weight is 298 g/mol. The summed E-state index contributed by atoms with van der Waals surface area (Å²) in [6.45, 7) is 0. The second-order valence-corrected chi connectivity index (χ2v) is 4.45. The van der Waals surface area contributed by atoms with Crippen LogP contribution in [-0.2, 0) is 0 Å². The van der Waals surface area contributed by atoms with Crippen LogP contribution in [0.5, 0.6) is 11.5 Å². The number of hydrazone groups is 1. The number of nitrogens with zero attached hydrogens (tertiary/aromatic N) is 3. The number of pyridine rings is 1. The number of fused-ring (bicyclic) bond motifs is 1. The first kappa shape index (κ1) is 13.9. The number of hydrogen-bond donors (Lipinski definition) is 1. The topological polar surface area (TPSA) is 75.8 Å². The second-order valence-electron chi connectivity index (χ2n) is 4.45. The molecule has 22 heavy (non-hydrogen) atoms. The van der Waals surface area contributed by atoms with Crippen LogP contribution in [0, 0.1) is 0 Å². The van der Waals surface area contributed by atoms with Gasteiger partial charge in [0.2, 0.25) is 0 Å². The van der Waals surface area contributed by atoms with Crippen LogP contribution in [0.4, 0.5) is 16.3 Å². The van der Waals surface area contributed by atoms with Gasteiger partial charge in [-0.25, -0.2) is 14.8 Å². The molecule has 0 saturated carbocycles. The Morgan fingerprint density at radius 1 is 1.36 bits per heavy atom. The molecule has 112 valence electrons. The number of anilines is 2. The highest BCUT2D eigenvalue weighted by Gasteiger charge is 2.29. The van der Waals surface area contributed by atoms with Gasteiger partial charge in [-0.15, -0.1) is 0 Å². The molecule has 0 bridgehead atoms. The number of hydrogen-bond acceptors (Lipinski definition) is 6. The third-order valence-corrected chi connectivity index (χ3v) is 3.06. The molecule has 0 aliphatic carbocycles. The van der Waals surface area contributed by atoms with E-state index in [9.17, 15) is 4.79 Å². The zero-order chi connectivity index (χ0) is 15.5. The Kier molecular flexibility index (Phi) is 3.61. The maximum Gasteiger partial charge on any atom is 0.412 e. The predicted octanol–water partition coefficient (Wildman–Crippen LogP) is 2.29. The van der Waals surface area contributed by atoms with Gasteiger partial charge in [-0.1, -0.05) is 0 Å². The van der Waals surface area contributed by atoms with E-state index in [0.29, 0.717) is 11.5 Å². The molecule has 7 heteroatoms. The van der Waals surface area contributed by atoms with Crippen molar-refractivity contribution in [2.45, 2.75) is 0 Å². The van der Waals surface area contributed by atoms with E-state index in [2.05, 4.69) is 15.4 Å². The van der Waals surface area contributed by atoms with Crippen LogP contribution < -0.4 is 19.8 Å². The summed E-state index contributed by atoms with van der Waals surface area (Å²) in [7, 11) is 3.00. The molecule has 2 heterocycles. The minimum atomic E-state index is -0.551. The van der Waals surface area contributed by atoms with E-state index in [-0.39, 0.29) is 0 Å². The van der Waals surface area contributed by atoms with Gasteiger partial charge in [-0.2, -0.15) is 5.10 Å². The average Bonchev–Trinajstić information content (AvgIpc) is 3.27. The highest BCUT2D eigenvalue weighted by molar-refractivity contribution is 5.92. The summed E-state index contributed by atoms with van der Waals surface area (Å²) in [6, 6.07) is 8.99. The van der Waals surface area contributed by atoms with Crippen LogP contribution in [0.1, 0.15) is 5.56 Å². The highest BCUT2D eigenvalue weighted by Crippen LogP contribution is 2.45. The van der Waals surface area contributed by atoms with Crippen molar-refractivity contribution in [2.75, 3.05) is 19.2 Å². The van der Waals surface area contributed by atoms with Gasteiger partial charge in [0.1, 0.15) is 5.69 Å². The Bertz CT molecular complexity index is 722. The van der Waals surface area contributed by atoms with Gasteiger partial charge in [0, 0.05) is 13.2 Å². The Balaban J connectivity index is 1.74. The lowest BCUT2D eigenvalue weighted by Gasteiger charge is -2.09. The molecule has 1 amide bonds. The summed E-state index contributed by atoms with van der Waals surface area (Å²) in [5.41, 5.74) is 1.81. The number of aromatic nitrogens is 1. The molecule has 0 atom stereocenters. The first-order valence-electron chi connectivity index (χ1n) is 6.59. The van der Waals surface area contributed by atoms with E-state index in [1.54, 1.807) is 35.6 Å². The molecule has 1 aromatic carbocycles. The second kappa shape index (κ2) is 5.72. The summed E-state index contributed by atoms with van der Waals surface area (Å²) < 4.78 is 10.3. The normalized spacial score (nSPS) is 12.0. The van der Waals surface area contributed by atoms with E-state index in [0.717, 1.165) is 17.1 Å². The van der Waals surface area contributed by atoms with Gasteiger partial charge in [0.25, 0.3) is 0 Å². The molecule has 0 saturated heterocycles. The van der Waals surface area contributed by atoms with Gasteiger partial charge in [0.15, 0.2) is 17.3 Å². The molecular weight excluding hydrogens is 284 g/mol. The SMILES string of the molecule is CNC(=O)Oc1ccc(C=NN2c3cccnc32)cc1OC. The molecule has 1 N–H and O–H groups in total. The molecule has 2 aromatic rings. The molecule has 0 unspecified atom stereocenters. The van der Waals surface area contributed by atoms with Gasteiger partial charge in [0.05, 0.1) is 13.3 Å². The third-order valence-electron chi connectivity index (χ3n) is 3.06. The van der Waals surface area contributed by atoms with Crippen LogP contribution in [0.3, 0.4) is 0 Å². The molecule has 1 aromatic heterocycles. The minimum absolute atomic E-state index is 0.343.